The Morgan fingerprint density at radius 2 is 1.96 bits per heavy atom. The van der Waals surface area contributed by atoms with Crippen LogP contribution in [0.3, 0.4) is 0 Å². The van der Waals surface area contributed by atoms with E-state index >= 15 is 0 Å². The van der Waals surface area contributed by atoms with Crippen LogP contribution in [0.15, 0.2) is 33.7 Å². The molecular weight excluding hydrogens is 412 g/mol. The summed E-state index contributed by atoms with van der Waals surface area (Å²) < 4.78 is 6.08. The number of hydrogen-bond donors (Lipinski definition) is 2. The van der Waals surface area contributed by atoms with Crippen LogP contribution in [0.4, 0.5) is 0 Å². The van der Waals surface area contributed by atoms with Gasteiger partial charge in [-0.25, -0.2) is 0 Å². The standard InChI is InChI=1S/C19H27BrN4O3/c1-3-27-18(26)15-5-4-12-24(13-15)19(21-2)23-11-10-22-17(25)14-6-8-16(20)9-7-14/h6-9,15H,3-5,10-13H2,1-2H3,(H,21,23)(H,22,25). The number of hydrogen-bond acceptors (Lipinski definition) is 4. The van der Waals surface area contributed by atoms with Crippen LogP contribution in [0.2, 0.25) is 0 Å². The first-order valence-corrected chi connectivity index (χ1v) is 10.0. The zero-order chi connectivity index (χ0) is 19.6. The van der Waals surface area contributed by atoms with Gasteiger partial charge in [0.25, 0.3) is 5.91 Å². The van der Waals surface area contributed by atoms with Gasteiger partial charge in [0.2, 0.25) is 0 Å². The largest absolute Gasteiger partial charge is 0.466 e. The van der Waals surface area contributed by atoms with Crippen LogP contribution < -0.4 is 10.6 Å². The number of ether oxygens (including phenoxy) is 1. The van der Waals surface area contributed by atoms with E-state index in [-0.39, 0.29) is 17.8 Å². The molecule has 1 fully saturated rings. The highest BCUT2D eigenvalue weighted by molar-refractivity contribution is 9.10. The van der Waals surface area contributed by atoms with Gasteiger partial charge in [0.15, 0.2) is 5.96 Å². The Morgan fingerprint density at radius 1 is 1.26 bits per heavy atom. The Bertz CT molecular complexity index is 663. The normalized spacial score (nSPS) is 17.4. The van der Waals surface area contributed by atoms with Crippen LogP contribution in [0, 0.1) is 5.92 Å². The molecule has 7 nitrogen and oxygen atoms in total. The lowest BCUT2D eigenvalue weighted by Gasteiger charge is -2.33. The van der Waals surface area contributed by atoms with Crippen LogP contribution in [0.25, 0.3) is 0 Å². The molecule has 1 aromatic carbocycles. The third-order valence-electron chi connectivity index (χ3n) is 4.35. The van der Waals surface area contributed by atoms with Gasteiger partial charge in [0.05, 0.1) is 12.5 Å². The highest BCUT2D eigenvalue weighted by Crippen LogP contribution is 2.18. The summed E-state index contributed by atoms with van der Waals surface area (Å²) in [6.07, 6.45) is 1.76. The van der Waals surface area contributed by atoms with Gasteiger partial charge in [-0.15, -0.1) is 0 Å². The monoisotopic (exact) mass is 438 g/mol. The van der Waals surface area contributed by atoms with E-state index in [4.69, 9.17) is 4.74 Å². The summed E-state index contributed by atoms with van der Waals surface area (Å²) in [7, 11) is 1.72. The van der Waals surface area contributed by atoms with E-state index < -0.39 is 0 Å². The number of carbonyl (C=O) groups excluding carboxylic acids is 2. The van der Waals surface area contributed by atoms with E-state index in [1.807, 2.05) is 19.1 Å². The van der Waals surface area contributed by atoms with Crippen molar-refractivity contribution in [1.29, 1.82) is 0 Å². The molecule has 0 aliphatic carbocycles. The summed E-state index contributed by atoms with van der Waals surface area (Å²) in [4.78, 5) is 30.5. The first-order chi connectivity index (χ1) is 13.0. The van der Waals surface area contributed by atoms with Gasteiger partial charge in [-0.3, -0.25) is 14.6 Å². The van der Waals surface area contributed by atoms with E-state index in [0.29, 0.717) is 31.8 Å². The molecule has 1 aliphatic rings. The molecule has 1 heterocycles. The molecule has 1 amide bonds. The number of nitrogens with zero attached hydrogens (tertiary/aromatic N) is 2. The van der Waals surface area contributed by atoms with Gasteiger partial charge >= 0.3 is 5.97 Å². The second-order valence-electron chi connectivity index (χ2n) is 6.27. The lowest BCUT2D eigenvalue weighted by molar-refractivity contribution is -0.149. The van der Waals surface area contributed by atoms with E-state index in [1.54, 1.807) is 19.2 Å². The summed E-state index contributed by atoms with van der Waals surface area (Å²) in [5.74, 6) is 0.371. The van der Waals surface area contributed by atoms with Gasteiger partial charge in [0.1, 0.15) is 0 Å². The van der Waals surface area contributed by atoms with Crippen LogP contribution in [0.1, 0.15) is 30.1 Å². The molecule has 2 rings (SSSR count). The fourth-order valence-electron chi connectivity index (χ4n) is 3.01. The average Bonchev–Trinajstić information content (AvgIpc) is 2.68. The third kappa shape index (κ3) is 6.53. The fraction of sp³-hybridized carbons (Fsp3) is 0.526. The maximum absolute atomic E-state index is 12.1. The average molecular weight is 439 g/mol. The van der Waals surface area contributed by atoms with Gasteiger partial charge in [-0.1, -0.05) is 15.9 Å². The highest BCUT2D eigenvalue weighted by Gasteiger charge is 2.28. The lowest BCUT2D eigenvalue weighted by Crippen LogP contribution is -2.49. The third-order valence-corrected chi connectivity index (χ3v) is 4.88. The molecule has 0 aromatic heterocycles. The fourth-order valence-corrected chi connectivity index (χ4v) is 3.27. The van der Waals surface area contributed by atoms with Crippen LogP contribution in [-0.2, 0) is 9.53 Å². The lowest BCUT2D eigenvalue weighted by atomic mass is 9.98. The van der Waals surface area contributed by atoms with E-state index in [2.05, 4.69) is 36.5 Å². The minimum atomic E-state index is -0.139. The summed E-state index contributed by atoms with van der Waals surface area (Å²) in [5, 5.41) is 6.13. The summed E-state index contributed by atoms with van der Waals surface area (Å²) >= 11 is 3.35. The second-order valence-corrected chi connectivity index (χ2v) is 7.19. The number of carbonyl (C=O) groups is 2. The molecule has 1 atom stereocenters. The molecule has 1 unspecified atom stereocenters. The summed E-state index contributed by atoms with van der Waals surface area (Å²) in [6.45, 7) is 4.70. The molecule has 1 aromatic rings. The first kappa shape index (κ1) is 21.2. The van der Waals surface area contributed by atoms with Crippen molar-refractivity contribution >= 4 is 33.8 Å². The number of guanidine groups is 1. The number of esters is 1. The van der Waals surface area contributed by atoms with Crippen molar-refractivity contribution in [2.45, 2.75) is 19.8 Å². The smallest absolute Gasteiger partial charge is 0.310 e. The first-order valence-electron chi connectivity index (χ1n) is 9.21. The molecule has 0 radical (unpaired) electrons. The Kier molecular flexibility index (Phi) is 8.57. The number of aliphatic imine (C=N–C) groups is 1. The molecular formula is C19H27BrN4O3. The molecule has 27 heavy (non-hydrogen) atoms. The zero-order valence-electron chi connectivity index (χ0n) is 15.8. The quantitative estimate of drug-likeness (QED) is 0.307. The molecule has 1 aliphatic heterocycles. The van der Waals surface area contributed by atoms with Crippen molar-refractivity contribution in [2.24, 2.45) is 10.9 Å². The number of halogens is 1. The van der Waals surface area contributed by atoms with Gasteiger partial charge < -0.3 is 20.3 Å². The zero-order valence-corrected chi connectivity index (χ0v) is 17.4. The Labute approximate surface area is 168 Å². The molecule has 0 spiro atoms. The minimum Gasteiger partial charge on any atom is -0.466 e. The Morgan fingerprint density at radius 3 is 2.63 bits per heavy atom. The number of amides is 1. The molecule has 8 heteroatoms. The number of nitrogens with one attached hydrogen (secondary N) is 2. The SMILES string of the molecule is CCOC(=O)C1CCCN(C(=NC)NCCNC(=O)c2ccc(Br)cc2)C1. The van der Waals surface area contributed by atoms with Gasteiger partial charge in [0, 0.05) is 43.3 Å². The minimum absolute atomic E-state index is 0.111. The maximum Gasteiger partial charge on any atom is 0.310 e. The van der Waals surface area contributed by atoms with Crippen LogP contribution in [0.5, 0.6) is 0 Å². The van der Waals surface area contributed by atoms with Crippen molar-refractivity contribution in [3.05, 3.63) is 34.3 Å². The summed E-state index contributed by atoms with van der Waals surface area (Å²) in [5.41, 5.74) is 0.621. The van der Waals surface area contributed by atoms with Gasteiger partial charge in [-0.2, -0.15) is 0 Å². The van der Waals surface area contributed by atoms with Crippen molar-refractivity contribution in [2.75, 3.05) is 39.8 Å². The molecule has 2 N–H and O–H groups in total. The number of likely N-dealkylation sites (tertiary alicyclic amines) is 1. The van der Waals surface area contributed by atoms with Crippen molar-refractivity contribution in [3.8, 4) is 0 Å². The molecule has 0 bridgehead atoms. The Hall–Kier alpha value is -2.09. The van der Waals surface area contributed by atoms with Gasteiger partial charge in [-0.05, 0) is 44.0 Å². The van der Waals surface area contributed by atoms with E-state index in [9.17, 15) is 9.59 Å². The van der Waals surface area contributed by atoms with Crippen molar-refractivity contribution in [1.82, 2.24) is 15.5 Å². The van der Waals surface area contributed by atoms with E-state index in [1.165, 1.54) is 0 Å². The van der Waals surface area contributed by atoms with Crippen LogP contribution in [-0.4, -0.2) is 62.6 Å². The number of benzene rings is 1. The molecule has 1 saturated heterocycles. The molecule has 148 valence electrons. The predicted molar refractivity (Wildman–Crippen MR) is 109 cm³/mol. The van der Waals surface area contributed by atoms with E-state index in [0.717, 1.165) is 29.8 Å². The van der Waals surface area contributed by atoms with Crippen molar-refractivity contribution < 1.29 is 14.3 Å². The number of rotatable bonds is 6. The van der Waals surface area contributed by atoms with Crippen molar-refractivity contribution in [3.63, 3.8) is 0 Å². The highest BCUT2D eigenvalue weighted by atomic mass is 79.9. The summed E-state index contributed by atoms with van der Waals surface area (Å²) in [6, 6.07) is 7.22. The second kappa shape index (κ2) is 10.9. The predicted octanol–water partition coefficient (Wildman–Crippen LogP) is 2.03. The van der Waals surface area contributed by atoms with Crippen LogP contribution >= 0.6 is 15.9 Å². The topological polar surface area (TPSA) is 83.0 Å². The maximum atomic E-state index is 12.1. The number of piperidine rings is 1. The Balaban J connectivity index is 1.77. The molecule has 0 saturated carbocycles.